The summed E-state index contributed by atoms with van der Waals surface area (Å²) in [6, 6.07) is -0.937. The molecule has 0 aliphatic carbocycles. The number of hydrogen-bond donors (Lipinski definition) is 9. The van der Waals surface area contributed by atoms with E-state index in [4.69, 9.17) is 18.9 Å². The molecule has 0 saturated carbocycles. The van der Waals surface area contributed by atoms with Crippen LogP contribution in [-0.2, 0) is 23.7 Å². The van der Waals surface area contributed by atoms with Gasteiger partial charge in [0, 0.05) is 6.42 Å². The largest absolute Gasteiger partial charge is 0.394 e. The maximum atomic E-state index is 13.3. The topological polar surface area (TPSA) is 228 Å². The number of nitrogens with one attached hydrogen (secondary N) is 1. The smallest absolute Gasteiger partial charge is 0.220 e. The molecule has 0 bridgehead atoms. The van der Waals surface area contributed by atoms with Crippen LogP contribution in [0.1, 0.15) is 251 Å². The summed E-state index contributed by atoms with van der Waals surface area (Å²) in [7, 11) is 0. The molecule has 14 nitrogen and oxygen atoms in total. The lowest BCUT2D eigenvalue weighted by molar-refractivity contribution is -0.359. The van der Waals surface area contributed by atoms with E-state index in [1.54, 1.807) is 6.08 Å². The Kier molecular flexibility index (Phi) is 53.3. The summed E-state index contributed by atoms with van der Waals surface area (Å²) in [5.74, 6) is -0.252. The lowest BCUT2D eigenvalue weighted by Gasteiger charge is -2.46. The van der Waals surface area contributed by atoms with E-state index in [1.165, 1.54) is 135 Å². The third kappa shape index (κ3) is 42.3. The minimum Gasteiger partial charge on any atom is -0.394 e. The molecular weight excluding hydrogens is 1120 g/mol. The van der Waals surface area contributed by atoms with Gasteiger partial charge in [-0.05, 0) is 96.3 Å². The van der Waals surface area contributed by atoms with Crippen molar-refractivity contribution in [3.05, 3.63) is 122 Å². The zero-order chi connectivity index (χ0) is 64.5. The van der Waals surface area contributed by atoms with Crippen LogP contribution >= 0.6 is 0 Å². The zero-order valence-electron chi connectivity index (χ0n) is 55.4. The van der Waals surface area contributed by atoms with E-state index in [2.05, 4.69) is 129 Å². The third-order valence-electron chi connectivity index (χ3n) is 16.4. The number of unbranched alkanes of at least 4 members (excludes halogenated alkanes) is 25. The number of carbonyl (C=O) groups excluding carboxylic acids is 1. The number of carbonyl (C=O) groups is 1. The van der Waals surface area contributed by atoms with E-state index < -0.39 is 86.8 Å². The first-order chi connectivity index (χ1) is 43.6. The van der Waals surface area contributed by atoms with Crippen LogP contribution in [0.4, 0.5) is 0 Å². The summed E-state index contributed by atoms with van der Waals surface area (Å²) >= 11 is 0. The molecule has 2 aliphatic heterocycles. The van der Waals surface area contributed by atoms with Crippen molar-refractivity contribution >= 4 is 5.91 Å². The van der Waals surface area contributed by atoms with Crippen molar-refractivity contribution < 1.29 is 64.6 Å². The van der Waals surface area contributed by atoms with Gasteiger partial charge < -0.3 is 65.1 Å². The van der Waals surface area contributed by atoms with E-state index in [0.717, 1.165) is 83.5 Å². The first-order valence-corrected chi connectivity index (χ1v) is 35.3. The van der Waals surface area contributed by atoms with Crippen LogP contribution in [-0.4, -0.2) is 140 Å². The van der Waals surface area contributed by atoms with Crippen LogP contribution in [0.2, 0.25) is 0 Å². The first-order valence-electron chi connectivity index (χ1n) is 35.3. The van der Waals surface area contributed by atoms with Crippen LogP contribution in [0.3, 0.4) is 0 Å². The van der Waals surface area contributed by atoms with Gasteiger partial charge in [-0.1, -0.05) is 270 Å². The van der Waals surface area contributed by atoms with Crippen molar-refractivity contribution in [2.24, 2.45) is 0 Å². The van der Waals surface area contributed by atoms with Gasteiger partial charge in [0.2, 0.25) is 5.91 Å². The number of hydrogen-bond acceptors (Lipinski definition) is 13. The lowest BCUT2D eigenvalue weighted by atomic mass is 9.97. The van der Waals surface area contributed by atoms with E-state index in [1.807, 2.05) is 6.08 Å². The molecule has 2 fully saturated rings. The average Bonchev–Trinajstić information content (AvgIpc) is 2.74. The second-order valence-electron chi connectivity index (χ2n) is 24.3. The minimum absolute atomic E-state index is 0.252. The SMILES string of the molecule is CC/C=C\C/C=C\C/C=C\C/C=C\C/C=C\C/C=C\C/C=C\C/C=C\CCCCCCCCCCCCCCCCCCC(=O)NC(COC1OC(CO)C(OC2OC(CO)C(O)C(O)C2O)C(O)C1O)C(O)/C=C/CC/C=C/CCCCCCCCCC. The Labute approximate surface area is 539 Å². The predicted octanol–water partition coefficient (Wildman–Crippen LogP) is 14.5. The molecule has 12 atom stereocenters. The highest BCUT2D eigenvalue weighted by Gasteiger charge is 2.51. The van der Waals surface area contributed by atoms with Gasteiger partial charge in [0.15, 0.2) is 12.6 Å². The van der Waals surface area contributed by atoms with Gasteiger partial charge in [-0.15, -0.1) is 0 Å². The molecule has 2 aliphatic rings. The fourth-order valence-electron chi connectivity index (χ4n) is 10.8. The number of aliphatic hydroxyl groups is 8. The predicted molar refractivity (Wildman–Crippen MR) is 364 cm³/mol. The number of ether oxygens (including phenoxy) is 4. The Bertz CT molecular complexity index is 1960. The van der Waals surface area contributed by atoms with Crippen molar-refractivity contribution in [2.45, 2.75) is 325 Å². The van der Waals surface area contributed by atoms with Gasteiger partial charge in [0.25, 0.3) is 0 Å². The van der Waals surface area contributed by atoms with Gasteiger partial charge in [0.05, 0.1) is 32.0 Å². The maximum Gasteiger partial charge on any atom is 0.220 e. The number of rotatable bonds is 56. The van der Waals surface area contributed by atoms with E-state index >= 15 is 0 Å². The van der Waals surface area contributed by atoms with Gasteiger partial charge >= 0.3 is 0 Å². The number of aliphatic hydroxyl groups excluding tert-OH is 8. The van der Waals surface area contributed by atoms with E-state index in [9.17, 15) is 45.6 Å². The van der Waals surface area contributed by atoms with Crippen LogP contribution in [0, 0.1) is 0 Å². The standard InChI is InChI=1S/C75H127NO13/c1-3-5-7-9-11-13-15-17-19-20-21-22-23-24-25-26-27-28-29-30-31-32-33-34-35-36-37-38-39-40-41-42-43-44-45-47-49-51-53-55-57-59-67(80)76-63(64(79)58-56-54-52-50-48-46-18-16-14-12-10-8-6-4-2)62-86-74-72(85)70(83)73(66(61-78)88-74)89-75-71(84)69(82)68(81)65(60-77)87-75/h5,7,11,13,17,19,21-22,24-25,27-28,30-31,33-34,48,50,56,58,63-66,68-75,77-79,81-85H,3-4,6,8-10,12,14-16,18,20,23,26,29,32,35-47,49,51-55,57,59-62H2,1-2H3,(H,76,80)/b7-5-,13-11-,19-17-,22-21-,25-24-,28-27-,31-30-,34-33-,50-48+,58-56+. The normalized spacial score (nSPS) is 23.8. The summed E-state index contributed by atoms with van der Waals surface area (Å²) in [5, 5.41) is 87.2. The fraction of sp³-hybridized carbons (Fsp3) is 0.720. The molecule has 2 saturated heterocycles. The summed E-state index contributed by atoms with van der Waals surface area (Å²) in [5.41, 5.74) is 0. The summed E-state index contributed by atoms with van der Waals surface area (Å²) in [6.45, 7) is 2.65. The molecule has 1 amide bonds. The molecule has 2 heterocycles. The van der Waals surface area contributed by atoms with E-state index in [-0.39, 0.29) is 18.9 Å². The molecule has 510 valence electrons. The van der Waals surface area contributed by atoms with Crippen LogP contribution in [0.25, 0.3) is 0 Å². The quantitative estimate of drug-likeness (QED) is 0.0204. The van der Waals surface area contributed by atoms with Gasteiger partial charge in [-0.3, -0.25) is 4.79 Å². The molecule has 89 heavy (non-hydrogen) atoms. The average molecular weight is 1250 g/mol. The highest BCUT2D eigenvalue weighted by atomic mass is 16.7. The molecule has 0 aromatic rings. The number of allylic oxidation sites excluding steroid dienone is 19. The molecule has 2 rings (SSSR count). The molecule has 14 heteroatoms. The van der Waals surface area contributed by atoms with Crippen molar-refractivity contribution in [1.29, 1.82) is 0 Å². The summed E-state index contributed by atoms with van der Waals surface area (Å²) < 4.78 is 22.8. The van der Waals surface area contributed by atoms with Crippen molar-refractivity contribution in [3.8, 4) is 0 Å². The molecule has 9 N–H and O–H groups in total. The Balaban J connectivity index is 1.58. The summed E-state index contributed by atoms with van der Waals surface area (Å²) in [4.78, 5) is 13.3. The molecular formula is C75H127NO13. The molecule has 12 unspecified atom stereocenters. The maximum absolute atomic E-state index is 13.3. The van der Waals surface area contributed by atoms with Crippen LogP contribution in [0.5, 0.6) is 0 Å². The first kappa shape index (κ1) is 81.5. The van der Waals surface area contributed by atoms with E-state index in [0.29, 0.717) is 12.8 Å². The Hall–Kier alpha value is -3.61. The van der Waals surface area contributed by atoms with Crippen LogP contribution < -0.4 is 5.32 Å². The molecule has 0 spiro atoms. The Morgan fingerprint density at radius 3 is 1.24 bits per heavy atom. The number of amides is 1. The highest BCUT2D eigenvalue weighted by molar-refractivity contribution is 5.76. The Morgan fingerprint density at radius 2 is 0.787 bits per heavy atom. The van der Waals surface area contributed by atoms with Crippen molar-refractivity contribution in [1.82, 2.24) is 5.32 Å². The highest BCUT2D eigenvalue weighted by Crippen LogP contribution is 2.30. The Morgan fingerprint density at radius 1 is 0.416 bits per heavy atom. The van der Waals surface area contributed by atoms with Crippen molar-refractivity contribution in [3.63, 3.8) is 0 Å². The second kappa shape index (κ2) is 58.2. The van der Waals surface area contributed by atoms with Gasteiger partial charge in [-0.25, -0.2) is 0 Å². The molecule has 0 aromatic heterocycles. The summed E-state index contributed by atoms with van der Waals surface area (Å²) in [6.07, 6.45) is 68.4. The third-order valence-corrected chi connectivity index (χ3v) is 16.4. The zero-order valence-corrected chi connectivity index (χ0v) is 55.4. The van der Waals surface area contributed by atoms with Gasteiger partial charge in [0.1, 0.15) is 48.8 Å². The fourth-order valence-corrected chi connectivity index (χ4v) is 10.8. The minimum atomic E-state index is -1.79. The van der Waals surface area contributed by atoms with Crippen LogP contribution in [0.15, 0.2) is 122 Å². The van der Waals surface area contributed by atoms with Gasteiger partial charge in [-0.2, -0.15) is 0 Å². The molecule has 0 radical (unpaired) electrons. The van der Waals surface area contributed by atoms with Crippen molar-refractivity contribution in [2.75, 3.05) is 19.8 Å². The monoisotopic (exact) mass is 1250 g/mol. The lowest BCUT2D eigenvalue weighted by Crippen LogP contribution is -2.65. The molecule has 0 aromatic carbocycles. The second-order valence-corrected chi connectivity index (χ2v) is 24.3.